The minimum Gasteiger partial charge on any atom is -0.370 e. The van der Waals surface area contributed by atoms with Gasteiger partial charge in [0.15, 0.2) is 5.82 Å². The summed E-state index contributed by atoms with van der Waals surface area (Å²) in [7, 11) is 0. The van der Waals surface area contributed by atoms with Crippen molar-refractivity contribution in [3.8, 4) is 11.4 Å². The number of rotatable bonds is 7. The molecule has 0 bridgehead atoms. The van der Waals surface area contributed by atoms with Gasteiger partial charge in [0.25, 0.3) is 0 Å². The topological polar surface area (TPSA) is 37.8 Å². The molecule has 2 aromatic rings. The molecule has 5 heteroatoms. The summed E-state index contributed by atoms with van der Waals surface area (Å²) in [5.41, 5.74) is 0.973. The van der Waals surface area contributed by atoms with Crippen LogP contribution in [0.4, 0.5) is 5.82 Å². The monoisotopic (exact) mass is 307 g/mol. The van der Waals surface area contributed by atoms with Crippen molar-refractivity contribution in [2.45, 2.75) is 12.8 Å². The largest absolute Gasteiger partial charge is 0.370 e. The molecule has 0 spiro atoms. The van der Waals surface area contributed by atoms with Crippen molar-refractivity contribution in [2.75, 3.05) is 23.9 Å². The van der Waals surface area contributed by atoms with Crippen molar-refractivity contribution in [3.05, 3.63) is 41.6 Å². The number of unbranched alkanes of at least 4 members (excludes halogenated alkanes) is 1. The number of thioether (sulfide) groups is 1. The van der Waals surface area contributed by atoms with E-state index in [1.54, 1.807) is 6.07 Å². The Morgan fingerprint density at radius 2 is 1.95 bits per heavy atom. The van der Waals surface area contributed by atoms with Gasteiger partial charge in [0, 0.05) is 18.2 Å². The van der Waals surface area contributed by atoms with E-state index in [0.717, 1.165) is 24.3 Å². The minimum atomic E-state index is 0.463. The van der Waals surface area contributed by atoms with Crippen molar-refractivity contribution >= 4 is 29.2 Å². The Kier molecular flexibility index (Phi) is 6.15. The summed E-state index contributed by atoms with van der Waals surface area (Å²) in [5.74, 6) is 2.64. The van der Waals surface area contributed by atoms with E-state index >= 15 is 0 Å². The first-order valence-corrected chi connectivity index (χ1v) is 8.39. The van der Waals surface area contributed by atoms with Crippen LogP contribution in [0, 0.1) is 0 Å². The Balaban J connectivity index is 2.02. The summed E-state index contributed by atoms with van der Waals surface area (Å²) < 4.78 is 0. The average Bonchev–Trinajstić information content (AvgIpc) is 2.47. The molecule has 106 valence electrons. The lowest BCUT2D eigenvalue weighted by molar-refractivity contribution is 0.839. The van der Waals surface area contributed by atoms with Crippen LogP contribution in [0.15, 0.2) is 36.4 Å². The molecule has 1 aromatic carbocycles. The zero-order valence-electron chi connectivity index (χ0n) is 11.5. The number of nitrogens with zero attached hydrogens (tertiary/aromatic N) is 2. The first-order valence-electron chi connectivity index (χ1n) is 6.62. The van der Waals surface area contributed by atoms with E-state index in [0.29, 0.717) is 11.0 Å². The molecule has 0 saturated heterocycles. The number of aromatic nitrogens is 2. The Labute approximate surface area is 129 Å². The highest BCUT2D eigenvalue weighted by molar-refractivity contribution is 7.98. The third-order valence-electron chi connectivity index (χ3n) is 2.81. The lowest BCUT2D eigenvalue weighted by atomic mass is 10.2. The van der Waals surface area contributed by atoms with Crippen LogP contribution in [0.2, 0.25) is 5.15 Å². The molecule has 0 atom stereocenters. The fraction of sp³-hybridized carbons (Fsp3) is 0.333. The molecule has 1 N–H and O–H groups in total. The van der Waals surface area contributed by atoms with Gasteiger partial charge in [-0.15, -0.1) is 0 Å². The van der Waals surface area contributed by atoms with Crippen LogP contribution in [0.3, 0.4) is 0 Å². The van der Waals surface area contributed by atoms with Gasteiger partial charge in [0.1, 0.15) is 11.0 Å². The number of halogens is 1. The van der Waals surface area contributed by atoms with Crippen LogP contribution >= 0.6 is 23.4 Å². The highest BCUT2D eigenvalue weighted by Gasteiger charge is 2.05. The molecule has 0 aliphatic rings. The summed E-state index contributed by atoms with van der Waals surface area (Å²) in [5, 5.41) is 3.77. The molecule has 20 heavy (non-hydrogen) atoms. The lowest BCUT2D eigenvalue weighted by Crippen LogP contribution is -2.05. The number of benzene rings is 1. The third kappa shape index (κ3) is 4.69. The van der Waals surface area contributed by atoms with Crippen LogP contribution in [-0.2, 0) is 0 Å². The Morgan fingerprint density at radius 1 is 1.15 bits per heavy atom. The third-order valence-corrected chi connectivity index (χ3v) is 3.70. The summed E-state index contributed by atoms with van der Waals surface area (Å²) in [6.07, 6.45) is 4.46. The molecule has 2 rings (SSSR count). The second-order valence-electron chi connectivity index (χ2n) is 4.39. The molecule has 0 aliphatic heterocycles. The van der Waals surface area contributed by atoms with Crippen LogP contribution in [0.5, 0.6) is 0 Å². The average molecular weight is 308 g/mol. The first kappa shape index (κ1) is 15.1. The minimum absolute atomic E-state index is 0.463. The van der Waals surface area contributed by atoms with Gasteiger partial charge in [-0.05, 0) is 24.9 Å². The molecule has 0 unspecified atom stereocenters. The summed E-state index contributed by atoms with van der Waals surface area (Å²) >= 11 is 7.94. The van der Waals surface area contributed by atoms with Gasteiger partial charge < -0.3 is 5.32 Å². The molecule has 0 saturated carbocycles. The van der Waals surface area contributed by atoms with Crippen LogP contribution < -0.4 is 5.32 Å². The van der Waals surface area contributed by atoms with Gasteiger partial charge in [0.05, 0.1) is 0 Å². The standard InChI is InChI=1S/C15H18ClN3S/c1-20-10-6-5-9-17-14-11-13(16)18-15(19-14)12-7-3-2-4-8-12/h2-4,7-8,11H,5-6,9-10H2,1H3,(H,17,18,19). The van der Waals surface area contributed by atoms with Gasteiger partial charge in [-0.25, -0.2) is 9.97 Å². The summed E-state index contributed by atoms with van der Waals surface area (Å²) in [4.78, 5) is 8.78. The maximum Gasteiger partial charge on any atom is 0.163 e. The van der Waals surface area contributed by atoms with Crippen LogP contribution in [0.1, 0.15) is 12.8 Å². The first-order chi connectivity index (χ1) is 9.79. The fourth-order valence-corrected chi connectivity index (χ4v) is 2.49. The number of hydrogen-bond acceptors (Lipinski definition) is 4. The molecule has 0 amide bonds. The highest BCUT2D eigenvalue weighted by atomic mass is 35.5. The smallest absolute Gasteiger partial charge is 0.163 e. The molecule has 0 fully saturated rings. The second-order valence-corrected chi connectivity index (χ2v) is 5.77. The van der Waals surface area contributed by atoms with Crippen molar-refractivity contribution < 1.29 is 0 Å². The van der Waals surface area contributed by atoms with Gasteiger partial charge in [-0.1, -0.05) is 41.9 Å². The lowest BCUT2D eigenvalue weighted by Gasteiger charge is -2.08. The van der Waals surface area contributed by atoms with Gasteiger partial charge in [0.2, 0.25) is 0 Å². The maximum absolute atomic E-state index is 6.07. The van der Waals surface area contributed by atoms with E-state index in [9.17, 15) is 0 Å². The Hall–Kier alpha value is -1.26. The quantitative estimate of drug-likeness (QED) is 0.609. The van der Waals surface area contributed by atoms with Crippen molar-refractivity contribution in [2.24, 2.45) is 0 Å². The van der Waals surface area contributed by atoms with E-state index < -0.39 is 0 Å². The molecule has 1 heterocycles. The predicted octanol–water partition coefficient (Wildman–Crippen LogP) is 4.35. The Morgan fingerprint density at radius 3 is 2.70 bits per heavy atom. The zero-order chi connectivity index (χ0) is 14.2. The SMILES string of the molecule is CSCCCCNc1cc(Cl)nc(-c2ccccc2)n1. The molecule has 0 radical (unpaired) electrons. The van der Waals surface area contributed by atoms with E-state index in [1.807, 2.05) is 42.1 Å². The van der Waals surface area contributed by atoms with E-state index in [4.69, 9.17) is 11.6 Å². The molecular weight excluding hydrogens is 290 g/mol. The predicted molar refractivity (Wildman–Crippen MR) is 88.6 cm³/mol. The highest BCUT2D eigenvalue weighted by Crippen LogP contribution is 2.20. The van der Waals surface area contributed by atoms with Gasteiger partial charge >= 0.3 is 0 Å². The molecular formula is C15H18ClN3S. The summed E-state index contributed by atoms with van der Waals surface area (Å²) in [6.45, 7) is 0.905. The number of nitrogens with one attached hydrogen (secondary N) is 1. The van der Waals surface area contributed by atoms with Crippen molar-refractivity contribution in [3.63, 3.8) is 0 Å². The summed E-state index contributed by atoms with van der Waals surface area (Å²) in [6, 6.07) is 11.6. The van der Waals surface area contributed by atoms with Crippen LogP contribution in [0.25, 0.3) is 11.4 Å². The van der Waals surface area contributed by atoms with Crippen LogP contribution in [-0.4, -0.2) is 28.5 Å². The Bertz CT molecular complexity index is 534. The maximum atomic E-state index is 6.07. The fourth-order valence-electron chi connectivity index (χ4n) is 1.81. The second kappa shape index (κ2) is 8.12. The molecule has 1 aromatic heterocycles. The van der Waals surface area contributed by atoms with E-state index in [2.05, 4.69) is 21.5 Å². The van der Waals surface area contributed by atoms with Gasteiger partial charge in [-0.3, -0.25) is 0 Å². The normalized spacial score (nSPS) is 10.5. The molecule has 0 aliphatic carbocycles. The number of hydrogen-bond donors (Lipinski definition) is 1. The zero-order valence-corrected chi connectivity index (χ0v) is 13.0. The van der Waals surface area contributed by atoms with Gasteiger partial charge in [-0.2, -0.15) is 11.8 Å². The van der Waals surface area contributed by atoms with Crippen molar-refractivity contribution in [1.82, 2.24) is 9.97 Å². The number of anilines is 1. The van der Waals surface area contributed by atoms with E-state index in [-0.39, 0.29) is 0 Å². The molecule has 3 nitrogen and oxygen atoms in total. The van der Waals surface area contributed by atoms with E-state index in [1.165, 1.54) is 12.2 Å². The van der Waals surface area contributed by atoms with Crippen molar-refractivity contribution in [1.29, 1.82) is 0 Å².